The molecule has 0 radical (unpaired) electrons. The molecule has 0 bridgehead atoms. The first kappa shape index (κ1) is 6.85. The van der Waals surface area contributed by atoms with Crippen LogP contribution < -0.4 is 0 Å². The van der Waals surface area contributed by atoms with E-state index in [1.54, 1.807) is 10.2 Å². The summed E-state index contributed by atoms with van der Waals surface area (Å²) < 4.78 is 6.41. The lowest BCUT2D eigenvalue weighted by Gasteiger charge is -2.03. The summed E-state index contributed by atoms with van der Waals surface area (Å²) in [6.07, 6.45) is 1.49. The van der Waals surface area contributed by atoms with Gasteiger partial charge >= 0.3 is 0 Å². The normalized spacial score (nSPS) is 18.2. The molecule has 9 heavy (non-hydrogen) atoms. The van der Waals surface area contributed by atoms with Gasteiger partial charge in [0, 0.05) is 6.08 Å². The van der Waals surface area contributed by atoms with E-state index in [2.05, 4.69) is 0 Å². The summed E-state index contributed by atoms with van der Waals surface area (Å²) in [5, 5.41) is 0. The van der Waals surface area contributed by atoms with Gasteiger partial charge in [-0.15, -0.1) is 0 Å². The zero-order chi connectivity index (χ0) is 6.85. The molecule has 1 heterocycles. The number of amides is 1. The second-order valence-corrected chi connectivity index (χ2v) is 2.84. The van der Waals surface area contributed by atoms with Gasteiger partial charge in [-0.25, -0.2) is 0 Å². The van der Waals surface area contributed by atoms with E-state index >= 15 is 0 Å². The van der Waals surface area contributed by atoms with Crippen LogP contribution in [-0.2, 0) is 9.53 Å². The monoisotopic (exact) mass is 239 g/mol. The van der Waals surface area contributed by atoms with E-state index in [0.717, 1.165) is 5.76 Å². The molecule has 0 saturated carbocycles. The summed E-state index contributed by atoms with van der Waals surface area (Å²) in [6.45, 7) is 0.593. The minimum atomic E-state index is 0.00690. The molecule has 0 fully saturated rings. The Morgan fingerprint density at radius 3 is 2.78 bits per heavy atom. The van der Waals surface area contributed by atoms with E-state index in [0.29, 0.717) is 6.54 Å². The lowest BCUT2D eigenvalue weighted by Crippen LogP contribution is -2.12. The molecule has 1 amide bonds. The molecule has 0 unspecified atom stereocenters. The molecule has 0 spiro atoms. The van der Waals surface area contributed by atoms with Crippen molar-refractivity contribution in [2.24, 2.45) is 0 Å². The fourth-order valence-corrected chi connectivity index (χ4v) is 1.07. The van der Waals surface area contributed by atoms with Crippen molar-refractivity contribution in [3.05, 3.63) is 11.8 Å². The average Bonchev–Trinajstić information content (AvgIpc) is 2.13. The van der Waals surface area contributed by atoms with Gasteiger partial charge in [0.25, 0.3) is 5.91 Å². The third kappa shape index (κ3) is 1.35. The number of methoxy groups -OCH3 is 1. The van der Waals surface area contributed by atoms with Gasteiger partial charge in [-0.2, -0.15) is 0 Å². The smallest absolute Gasteiger partial charge is 0.259 e. The molecule has 3 nitrogen and oxygen atoms in total. The summed E-state index contributed by atoms with van der Waals surface area (Å²) in [7, 11) is 1.56. The van der Waals surface area contributed by atoms with Crippen molar-refractivity contribution >= 4 is 28.8 Å². The predicted molar refractivity (Wildman–Crippen MR) is 40.8 cm³/mol. The van der Waals surface area contributed by atoms with Crippen LogP contribution >= 0.6 is 22.9 Å². The fraction of sp³-hybridized carbons (Fsp3) is 0.400. The molecule has 0 N–H and O–H groups in total. The van der Waals surface area contributed by atoms with Crippen LogP contribution in [0.25, 0.3) is 0 Å². The Bertz CT molecular complexity index is 166. The molecular formula is C5H6INO2. The molecule has 50 valence electrons. The van der Waals surface area contributed by atoms with Crippen molar-refractivity contribution in [1.29, 1.82) is 0 Å². The van der Waals surface area contributed by atoms with Gasteiger partial charge < -0.3 is 4.74 Å². The van der Waals surface area contributed by atoms with Crippen molar-refractivity contribution in [1.82, 2.24) is 3.11 Å². The SMILES string of the molecule is COC1=CC(=O)N(I)C1. The van der Waals surface area contributed by atoms with Gasteiger partial charge in [-0.05, 0) is 0 Å². The van der Waals surface area contributed by atoms with Crippen LogP contribution in [0.1, 0.15) is 0 Å². The number of hydrogen-bond donors (Lipinski definition) is 0. The summed E-state index contributed by atoms with van der Waals surface area (Å²) >= 11 is 1.95. The van der Waals surface area contributed by atoms with Crippen LogP contribution in [0.4, 0.5) is 0 Å². The van der Waals surface area contributed by atoms with E-state index in [1.807, 2.05) is 22.9 Å². The highest BCUT2D eigenvalue weighted by molar-refractivity contribution is 14.1. The number of hydrogen-bond acceptors (Lipinski definition) is 2. The third-order valence-corrected chi connectivity index (χ3v) is 1.90. The van der Waals surface area contributed by atoms with Crippen LogP contribution in [0.15, 0.2) is 11.8 Å². The number of halogens is 1. The van der Waals surface area contributed by atoms with Crippen molar-refractivity contribution in [3.8, 4) is 0 Å². The highest BCUT2D eigenvalue weighted by Crippen LogP contribution is 2.14. The maximum atomic E-state index is 10.7. The van der Waals surface area contributed by atoms with Crippen molar-refractivity contribution in [3.63, 3.8) is 0 Å². The Hall–Kier alpha value is -0.260. The first-order valence-electron chi connectivity index (χ1n) is 2.46. The average molecular weight is 239 g/mol. The predicted octanol–water partition coefficient (Wildman–Crippen LogP) is 0.709. The molecule has 1 rings (SSSR count). The molecule has 0 saturated heterocycles. The van der Waals surface area contributed by atoms with Crippen molar-refractivity contribution in [2.45, 2.75) is 0 Å². The molecular weight excluding hydrogens is 233 g/mol. The Morgan fingerprint density at radius 1 is 1.89 bits per heavy atom. The maximum Gasteiger partial charge on any atom is 0.259 e. The minimum absolute atomic E-state index is 0.00690. The van der Waals surface area contributed by atoms with Gasteiger partial charge in [-0.1, -0.05) is 0 Å². The van der Waals surface area contributed by atoms with Crippen molar-refractivity contribution < 1.29 is 9.53 Å². The van der Waals surface area contributed by atoms with Crippen LogP contribution in [0.3, 0.4) is 0 Å². The van der Waals surface area contributed by atoms with E-state index in [-0.39, 0.29) is 5.91 Å². The molecule has 0 atom stereocenters. The third-order valence-electron chi connectivity index (χ3n) is 1.08. The Labute approximate surface area is 67.2 Å². The highest BCUT2D eigenvalue weighted by Gasteiger charge is 2.18. The zero-order valence-electron chi connectivity index (χ0n) is 4.93. The van der Waals surface area contributed by atoms with Crippen LogP contribution in [0.5, 0.6) is 0 Å². The molecule has 1 aliphatic heterocycles. The largest absolute Gasteiger partial charge is 0.499 e. The highest BCUT2D eigenvalue weighted by atomic mass is 127. The number of nitrogens with zero attached hydrogens (tertiary/aromatic N) is 1. The molecule has 4 heteroatoms. The molecule has 1 aliphatic rings. The van der Waals surface area contributed by atoms with Gasteiger partial charge in [0.05, 0.1) is 36.5 Å². The fourth-order valence-electron chi connectivity index (χ4n) is 0.592. The first-order valence-corrected chi connectivity index (χ1v) is 3.42. The number of ether oxygens (including phenoxy) is 1. The Kier molecular flexibility index (Phi) is 1.94. The van der Waals surface area contributed by atoms with Crippen LogP contribution in [0, 0.1) is 0 Å². The lowest BCUT2D eigenvalue weighted by atomic mass is 10.5. The summed E-state index contributed by atoms with van der Waals surface area (Å²) in [6, 6.07) is 0. The van der Waals surface area contributed by atoms with Gasteiger partial charge in [-0.3, -0.25) is 7.91 Å². The molecule has 0 aromatic rings. The van der Waals surface area contributed by atoms with E-state index < -0.39 is 0 Å². The second kappa shape index (κ2) is 2.55. The number of carbonyl (C=O) groups is 1. The summed E-state index contributed by atoms with van der Waals surface area (Å²) in [5.41, 5.74) is 0. The molecule has 0 aromatic heterocycles. The van der Waals surface area contributed by atoms with E-state index in [9.17, 15) is 4.79 Å². The summed E-state index contributed by atoms with van der Waals surface area (Å²) in [4.78, 5) is 10.7. The molecule has 0 aliphatic carbocycles. The zero-order valence-corrected chi connectivity index (χ0v) is 7.08. The van der Waals surface area contributed by atoms with E-state index in [1.165, 1.54) is 6.08 Å². The minimum Gasteiger partial charge on any atom is -0.499 e. The maximum absolute atomic E-state index is 10.7. The Balaban J connectivity index is 2.62. The topological polar surface area (TPSA) is 29.5 Å². The lowest BCUT2D eigenvalue weighted by molar-refractivity contribution is -0.119. The van der Waals surface area contributed by atoms with E-state index in [4.69, 9.17) is 4.74 Å². The number of carbonyl (C=O) groups excluding carboxylic acids is 1. The quantitative estimate of drug-likeness (QED) is 0.498. The van der Waals surface area contributed by atoms with Gasteiger partial charge in [0.1, 0.15) is 5.76 Å². The Morgan fingerprint density at radius 2 is 2.56 bits per heavy atom. The first-order chi connectivity index (χ1) is 4.24. The van der Waals surface area contributed by atoms with Crippen molar-refractivity contribution in [2.75, 3.05) is 13.7 Å². The standard InChI is InChI=1S/C5H6INO2/c1-9-4-2-5(8)7(6)3-4/h2H,3H2,1H3. The van der Waals surface area contributed by atoms with Gasteiger partial charge in [0.15, 0.2) is 0 Å². The summed E-state index contributed by atoms with van der Waals surface area (Å²) in [5.74, 6) is 0.738. The second-order valence-electron chi connectivity index (χ2n) is 1.67. The van der Waals surface area contributed by atoms with Crippen LogP contribution in [0.2, 0.25) is 0 Å². The molecule has 0 aromatic carbocycles. The van der Waals surface area contributed by atoms with Crippen LogP contribution in [-0.4, -0.2) is 22.7 Å². The number of rotatable bonds is 1. The van der Waals surface area contributed by atoms with Gasteiger partial charge in [0.2, 0.25) is 0 Å².